The molecule has 2 aromatic heterocycles. The molecule has 4 aromatic rings. The van der Waals surface area contributed by atoms with Crippen molar-refractivity contribution < 1.29 is 9.53 Å². The molecule has 1 fully saturated rings. The number of benzene rings is 2. The smallest absolute Gasteiger partial charge is 0.325 e. The lowest BCUT2D eigenvalue weighted by Gasteiger charge is -2.22. The SMILES string of the molecule is COC(=O)Cn1cc(C=Nn2c(C3CCCCC3)nc3ccccc3c2=O)c2ccccc21. The van der Waals surface area contributed by atoms with Crippen LogP contribution in [0.25, 0.3) is 21.8 Å². The standard InChI is InChI=1S/C26H26N4O3/c1-33-24(31)17-29-16-19(20-11-6-8-14-23(20)29)15-27-30-25(18-9-3-2-4-10-18)28-22-13-7-5-12-21(22)26(30)32/h5-8,11-16,18H,2-4,9-10,17H2,1H3. The number of nitrogens with zero attached hydrogens (tertiary/aromatic N) is 4. The average Bonchev–Trinajstić information content (AvgIpc) is 3.21. The normalized spacial score (nSPS) is 14.9. The van der Waals surface area contributed by atoms with Crippen LogP contribution < -0.4 is 5.56 Å². The van der Waals surface area contributed by atoms with Gasteiger partial charge in [0.2, 0.25) is 0 Å². The van der Waals surface area contributed by atoms with Gasteiger partial charge < -0.3 is 9.30 Å². The van der Waals surface area contributed by atoms with Crippen molar-refractivity contribution in [2.75, 3.05) is 7.11 Å². The number of hydrogen-bond donors (Lipinski definition) is 0. The van der Waals surface area contributed by atoms with Crippen LogP contribution in [0.2, 0.25) is 0 Å². The van der Waals surface area contributed by atoms with Gasteiger partial charge in [-0.1, -0.05) is 49.6 Å². The Morgan fingerprint density at radius 2 is 1.82 bits per heavy atom. The Kier molecular flexibility index (Phi) is 5.77. The number of rotatable bonds is 5. The van der Waals surface area contributed by atoms with Gasteiger partial charge in [0.1, 0.15) is 12.4 Å². The largest absolute Gasteiger partial charge is 0.468 e. The Hall–Kier alpha value is -3.74. The van der Waals surface area contributed by atoms with Crippen molar-refractivity contribution in [2.45, 2.75) is 44.6 Å². The van der Waals surface area contributed by atoms with Crippen LogP contribution >= 0.6 is 0 Å². The van der Waals surface area contributed by atoms with E-state index in [-0.39, 0.29) is 24.0 Å². The second kappa shape index (κ2) is 9.02. The maximum absolute atomic E-state index is 13.4. The van der Waals surface area contributed by atoms with Gasteiger partial charge in [0.05, 0.1) is 24.2 Å². The molecule has 7 heteroatoms. The van der Waals surface area contributed by atoms with Gasteiger partial charge in [-0.3, -0.25) is 9.59 Å². The lowest BCUT2D eigenvalue weighted by Crippen LogP contribution is -2.25. The molecule has 0 bridgehead atoms. The molecule has 0 unspecified atom stereocenters. The van der Waals surface area contributed by atoms with E-state index >= 15 is 0 Å². The second-order valence-electron chi connectivity index (χ2n) is 8.49. The van der Waals surface area contributed by atoms with Crippen molar-refractivity contribution in [3.05, 3.63) is 76.5 Å². The van der Waals surface area contributed by atoms with Crippen molar-refractivity contribution in [3.8, 4) is 0 Å². The quantitative estimate of drug-likeness (QED) is 0.338. The molecule has 1 aliphatic rings. The lowest BCUT2D eigenvalue weighted by molar-refractivity contribution is -0.141. The summed E-state index contributed by atoms with van der Waals surface area (Å²) in [4.78, 5) is 30.2. The fraction of sp³-hybridized carbons (Fsp3) is 0.308. The highest BCUT2D eigenvalue weighted by Crippen LogP contribution is 2.31. The molecule has 168 valence electrons. The minimum Gasteiger partial charge on any atom is -0.468 e. The van der Waals surface area contributed by atoms with E-state index in [1.165, 1.54) is 18.2 Å². The molecule has 5 rings (SSSR count). The fourth-order valence-electron chi connectivity index (χ4n) is 4.71. The first-order valence-corrected chi connectivity index (χ1v) is 11.4. The fourth-order valence-corrected chi connectivity index (χ4v) is 4.71. The molecule has 33 heavy (non-hydrogen) atoms. The number of para-hydroxylation sites is 2. The first-order chi connectivity index (χ1) is 16.2. The summed E-state index contributed by atoms with van der Waals surface area (Å²) >= 11 is 0. The maximum Gasteiger partial charge on any atom is 0.325 e. The van der Waals surface area contributed by atoms with Gasteiger partial charge in [0, 0.05) is 28.6 Å². The minimum atomic E-state index is -0.325. The highest BCUT2D eigenvalue weighted by atomic mass is 16.5. The number of esters is 1. The summed E-state index contributed by atoms with van der Waals surface area (Å²) < 4.78 is 8.15. The monoisotopic (exact) mass is 442 g/mol. The molecule has 0 atom stereocenters. The number of methoxy groups -OCH3 is 1. The summed E-state index contributed by atoms with van der Waals surface area (Å²) in [5.41, 5.74) is 2.28. The molecular weight excluding hydrogens is 416 g/mol. The summed E-state index contributed by atoms with van der Waals surface area (Å²) in [6.07, 6.45) is 9.08. The van der Waals surface area contributed by atoms with Crippen LogP contribution in [-0.4, -0.2) is 33.5 Å². The number of fused-ring (bicyclic) bond motifs is 2. The van der Waals surface area contributed by atoms with Crippen LogP contribution in [0.5, 0.6) is 0 Å². The van der Waals surface area contributed by atoms with E-state index in [2.05, 4.69) is 5.10 Å². The molecule has 0 radical (unpaired) electrons. The van der Waals surface area contributed by atoms with Crippen LogP contribution in [0.15, 0.2) is 64.6 Å². The van der Waals surface area contributed by atoms with Gasteiger partial charge in [0.15, 0.2) is 0 Å². The molecule has 0 spiro atoms. The Balaban J connectivity index is 1.62. The molecule has 1 saturated carbocycles. The highest BCUT2D eigenvalue weighted by molar-refractivity contribution is 5.99. The van der Waals surface area contributed by atoms with Crippen LogP contribution in [0, 0.1) is 0 Å². The second-order valence-corrected chi connectivity index (χ2v) is 8.49. The number of ether oxygens (including phenoxy) is 1. The lowest BCUT2D eigenvalue weighted by atomic mass is 9.88. The van der Waals surface area contributed by atoms with E-state index in [1.807, 2.05) is 53.2 Å². The summed E-state index contributed by atoms with van der Waals surface area (Å²) in [7, 11) is 1.38. The summed E-state index contributed by atoms with van der Waals surface area (Å²) in [5, 5.41) is 6.16. The highest BCUT2D eigenvalue weighted by Gasteiger charge is 2.22. The Morgan fingerprint density at radius 3 is 2.61 bits per heavy atom. The van der Waals surface area contributed by atoms with Crippen molar-refractivity contribution >= 4 is 34.0 Å². The predicted octanol–water partition coefficient (Wildman–Crippen LogP) is 4.45. The van der Waals surface area contributed by atoms with Gasteiger partial charge in [-0.2, -0.15) is 9.78 Å². The predicted molar refractivity (Wildman–Crippen MR) is 129 cm³/mol. The zero-order chi connectivity index (χ0) is 22.8. The van der Waals surface area contributed by atoms with Crippen LogP contribution in [0.1, 0.15) is 49.4 Å². The molecule has 1 aliphatic carbocycles. The van der Waals surface area contributed by atoms with E-state index in [9.17, 15) is 9.59 Å². The van der Waals surface area contributed by atoms with Gasteiger partial charge >= 0.3 is 5.97 Å². The van der Waals surface area contributed by atoms with E-state index in [0.717, 1.165) is 48.0 Å². The van der Waals surface area contributed by atoms with E-state index in [1.54, 1.807) is 12.3 Å². The van der Waals surface area contributed by atoms with Crippen molar-refractivity contribution in [1.82, 2.24) is 14.2 Å². The molecular formula is C26H26N4O3. The molecule has 2 heterocycles. The minimum absolute atomic E-state index is 0.107. The van der Waals surface area contributed by atoms with E-state index in [4.69, 9.17) is 9.72 Å². The van der Waals surface area contributed by atoms with E-state index in [0.29, 0.717) is 10.9 Å². The first-order valence-electron chi connectivity index (χ1n) is 11.4. The number of hydrogen-bond acceptors (Lipinski definition) is 5. The number of aromatic nitrogens is 3. The summed E-state index contributed by atoms with van der Waals surface area (Å²) in [5.74, 6) is 0.621. The Morgan fingerprint density at radius 1 is 1.09 bits per heavy atom. The van der Waals surface area contributed by atoms with Crippen LogP contribution in [0.4, 0.5) is 0 Å². The Bertz CT molecular complexity index is 1410. The third-order valence-electron chi connectivity index (χ3n) is 6.41. The number of carbonyl (C=O) groups is 1. The van der Waals surface area contributed by atoms with Gasteiger partial charge in [-0.25, -0.2) is 4.98 Å². The maximum atomic E-state index is 13.4. The summed E-state index contributed by atoms with van der Waals surface area (Å²) in [6, 6.07) is 15.2. The van der Waals surface area contributed by atoms with Crippen molar-refractivity contribution in [1.29, 1.82) is 0 Å². The topological polar surface area (TPSA) is 78.5 Å². The van der Waals surface area contributed by atoms with Gasteiger partial charge in [-0.05, 0) is 31.0 Å². The third-order valence-corrected chi connectivity index (χ3v) is 6.41. The molecule has 0 aliphatic heterocycles. The van der Waals surface area contributed by atoms with Crippen LogP contribution in [-0.2, 0) is 16.1 Å². The third kappa shape index (κ3) is 4.06. The first kappa shape index (κ1) is 21.1. The van der Waals surface area contributed by atoms with Crippen molar-refractivity contribution in [3.63, 3.8) is 0 Å². The van der Waals surface area contributed by atoms with Crippen molar-refractivity contribution in [2.24, 2.45) is 5.10 Å². The molecule has 2 aromatic carbocycles. The molecule has 0 amide bonds. The molecule has 7 nitrogen and oxygen atoms in total. The van der Waals surface area contributed by atoms with Gasteiger partial charge in [-0.15, -0.1) is 0 Å². The average molecular weight is 443 g/mol. The molecule has 0 N–H and O–H groups in total. The molecule has 0 saturated heterocycles. The Labute approximate surface area is 191 Å². The number of carbonyl (C=O) groups excluding carboxylic acids is 1. The van der Waals surface area contributed by atoms with E-state index < -0.39 is 0 Å². The van der Waals surface area contributed by atoms with Gasteiger partial charge in [0.25, 0.3) is 5.56 Å². The van der Waals surface area contributed by atoms with Crippen LogP contribution in [0.3, 0.4) is 0 Å². The zero-order valence-corrected chi connectivity index (χ0v) is 18.6. The zero-order valence-electron chi connectivity index (χ0n) is 18.6. The summed E-state index contributed by atoms with van der Waals surface area (Å²) in [6.45, 7) is 0.107.